The number of hydrogen-bond donors (Lipinski definition) is 2. The molecule has 33 heavy (non-hydrogen) atoms. The number of likely N-dealkylation sites (tertiary alicyclic amines) is 1. The first-order valence-electron chi connectivity index (χ1n) is 11.8. The number of halogens is 1. The number of hydrogen-bond acceptors (Lipinski definition) is 7. The van der Waals surface area contributed by atoms with Crippen molar-refractivity contribution in [2.45, 2.75) is 57.6 Å². The minimum absolute atomic E-state index is 0.195. The molecule has 2 saturated heterocycles. The summed E-state index contributed by atoms with van der Waals surface area (Å²) in [6.07, 6.45) is 10.4. The second kappa shape index (κ2) is 9.93. The monoisotopic (exact) mass is 451 g/mol. The Bertz CT molecular complexity index is 1060. The standard InChI is InChI=1S/C24H30FN7O/c1-16-11-17(7-10-33-16)23-27-14-21(30-23)22-20(25)13-28-24(31-22)29-18-5-6-19(26-12-18)15-32-8-3-2-4-9-32/h5-6,12-14,16-17H,2-4,7-11,15H2,1H3,(H,27,30)(H,28,29,31). The van der Waals surface area contributed by atoms with Crippen LogP contribution < -0.4 is 5.32 Å². The molecule has 0 aromatic carbocycles. The summed E-state index contributed by atoms with van der Waals surface area (Å²) in [7, 11) is 0. The molecule has 9 heteroatoms. The number of aromatic amines is 1. The van der Waals surface area contributed by atoms with Crippen molar-refractivity contribution in [1.82, 2.24) is 29.8 Å². The van der Waals surface area contributed by atoms with Crippen LogP contribution in [0.25, 0.3) is 11.4 Å². The van der Waals surface area contributed by atoms with Gasteiger partial charge in [0.2, 0.25) is 5.95 Å². The predicted molar refractivity (Wildman–Crippen MR) is 124 cm³/mol. The van der Waals surface area contributed by atoms with E-state index in [9.17, 15) is 4.39 Å². The Morgan fingerprint density at radius 1 is 1.12 bits per heavy atom. The molecule has 8 nitrogen and oxygen atoms in total. The lowest BCUT2D eigenvalue weighted by Gasteiger charge is -2.25. The van der Waals surface area contributed by atoms with Crippen molar-refractivity contribution < 1.29 is 9.13 Å². The normalized spacial score (nSPS) is 21.8. The van der Waals surface area contributed by atoms with Gasteiger partial charge in [0.1, 0.15) is 11.5 Å². The summed E-state index contributed by atoms with van der Waals surface area (Å²) in [6.45, 7) is 5.91. The molecule has 0 bridgehead atoms. The maximum atomic E-state index is 14.5. The molecular weight excluding hydrogens is 421 g/mol. The van der Waals surface area contributed by atoms with Crippen LogP contribution in [0, 0.1) is 5.82 Å². The van der Waals surface area contributed by atoms with E-state index < -0.39 is 5.82 Å². The van der Waals surface area contributed by atoms with Crippen molar-refractivity contribution in [2.75, 3.05) is 25.0 Å². The van der Waals surface area contributed by atoms with Crippen molar-refractivity contribution in [3.8, 4) is 11.4 Å². The van der Waals surface area contributed by atoms with E-state index in [1.807, 2.05) is 12.1 Å². The van der Waals surface area contributed by atoms with E-state index in [4.69, 9.17) is 4.74 Å². The lowest BCUT2D eigenvalue weighted by atomic mass is 9.96. The van der Waals surface area contributed by atoms with Gasteiger partial charge in [0.25, 0.3) is 0 Å². The summed E-state index contributed by atoms with van der Waals surface area (Å²) < 4.78 is 20.2. The van der Waals surface area contributed by atoms with Gasteiger partial charge in [0.05, 0.1) is 41.8 Å². The third-order valence-electron chi connectivity index (χ3n) is 6.38. The zero-order valence-corrected chi connectivity index (χ0v) is 18.9. The molecule has 5 heterocycles. The molecule has 2 aliphatic heterocycles. The van der Waals surface area contributed by atoms with Gasteiger partial charge in [-0.15, -0.1) is 0 Å². The van der Waals surface area contributed by atoms with Crippen LogP contribution in [-0.2, 0) is 11.3 Å². The minimum atomic E-state index is -0.494. The number of nitrogens with one attached hydrogen (secondary N) is 2. The lowest BCUT2D eigenvalue weighted by molar-refractivity contribution is 0.0174. The van der Waals surface area contributed by atoms with Gasteiger partial charge in [-0.3, -0.25) is 9.88 Å². The Kier molecular flexibility index (Phi) is 6.59. The molecule has 2 fully saturated rings. The van der Waals surface area contributed by atoms with Crippen LogP contribution in [0.1, 0.15) is 56.5 Å². The molecule has 2 atom stereocenters. The second-order valence-electron chi connectivity index (χ2n) is 8.97. The van der Waals surface area contributed by atoms with Gasteiger partial charge < -0.3 is 15.0 Å². The molecule has 2 unspecified atom stereocenters. The average molecular weight is 452 g/mol. The number of nitrogens with zero attached hydrogens (tertiary/aromatic N) is 5. The van der Waals surface area contributed by atoms with Gasteiger partial charge in [-0.1, -0.05) is 6.42 Å². The third kappa shape index (κ3) is 5.36. The summed E-state index contributed by atoms with van der Waals surface area (Å²) in [4.78, 5) is 23.2. The molecule has 0 aliphatic carbocycles. The zero-order chi connectivity index (χ0) is 22.6. The number of piperidine rings is 1. The molecule has 0 spiro atoms. The highest BCUT2D eigenvalue weighted by molar-refractivity contribution is 5.59. The highest BCUT2D eigenvalue weighted by Gasteiger charge is 2.24. The summed E-state index contributed by atoms with van der Waals surface area (Å²) in [5.41, 5.74) is 2.54. The van der Waals surface area contributed by atoms with Crippen LogP contribution in [0.2, 0.25) is 0 Å². The molecule has 0 saturated carbocycles. The Labute approximate surface area is 193 Å². The maximum Gasteiger partial charge on any atom is 0.228 e. The first-order chi connectivity index (χ1) is 16.1. The van der Waals surface area contributed by atoms with E-state index in [0.717, 1.165) is 49.7 Å². The molecule has 0 radical (unpaired) electrons. The Hall–Kier alpha value is -2.91. The van der Waals surface area contributed by atoms with Gasteiger partial charge >= 0.3 is 0 Å². The minimum Gasteiger partial charge on any atom is -0.378 e. The summed E-state index contributed by atoms with van der Waals surface area (Å²) in [5, 5.41) is 3.13. The van der Waals surface area contributed by atoms with Crippen LogP contribution in [-0.4, -0.2) is 55.6 Å². The van der Waals surface area contributed by atoms with E-state index in [2.05, 4.69) is 42.1 Å². The fourth-order valence-corrected chi connectivity index (χ4v) is 4.59. The fourth-order valence-electron chi connectivity index (χ4n) is 4.59. The third-order valence-corrected chi connectivity index (χ3v) is 6.38. The quantitative estimate of drug-likeness (QED) is 0.573. The second-order valence-corrected chi connectivity index (χ2v) is 8.97. The van der Waals surface area contributed by atoms with Crippen molar-refractivity contribution >= 4 is 11.6 Å². The Balaban J connectivity index is 1.27. The van der Waals surface area contributed by atoms with E-state index in [0.29, 0.717) is 18.2 Å². The van der Waals surface area contributed by atoms with E-state index in [1.54, 1.807) is 12.4 Å². The van der Waals surface area contributed by atoms with Gasteiger partial charge in [-0.05, 0) is 57.8 Å². The first-order valence-corrected chi connectivity index (χ1v) is 11.8. The van der Waals surface area contributed by atoms with Gasteiger partial charge in [0, 0.05) is 19.1 Å². The highest BCUT2D eigenvalue weighted by Crippen LogP contribution is 2.30. The topological polar surface area (TPSA) is 91.9 Å². The number of aromatic nitrogens is 5. The number of ether oxygens (including phenoxy) is 1. The van der Waals surface area contributed by atoms with Gasteiger partial charge in [-0.2, -0.15) is 0 Å². The molecule has 3 aromatic heterocycles. The van der Waals surface area contributed by atoms with Crippen LogP contribution in [0.5, 0.6) is 0 Å². The number of imidazole rings is 1. The average Bonchev–Trinajstić information content (AvgIpc) is 3.32. The lowest BCUT2D eigenvalue weighted by Crippen LogP contribution is -2.29. The smallest absolute Gasteiger partial charge is 0.228 e. The molecule has 2 N–H and O–H groups in total. The van der Waals surface area contributed by atoms with Gasteiger partial charge in [-0.25, -0.2) is 19.3 Å². The summed E-state index contributed by atoms with van der Waals surface area (Å²) in [6, 6.07) is 3.97. The molecular formula is C24H30FN7O. The molecule has 3 aromatic rings. The van der Waals surface area contributed by atoms with Crippen molar-refractivity contribution in [3.05, 3.63) is 48.1 Å². The number of anilines is 2. The number of rotatable bonds is 6. The van der Waals surface area contributed by atoms with Crippen molar-refractivity contribution in [1.29, 1.82) is 0 Å². The van der Waals surface area contributed by atoms with Crippen molar-refractivity contribution in [2.24, 2.45) is 0 Å². The van der Waals surface area contributed by atoms with E-state index in [-0.39, 0.29) is 17.7 Å². The Morgan fingerprint density at radius 3 is 2.79 bits per heavy atom. The number of H-pyrrole nitrogens is 1. The van der Waals surface area contributed by atoms with Crippen LogP contribution >= 0.6 is 0 Å². The van der Waals surface area contributed by atoms with Crippen LogP contribution in [0.4, 0.5) is 16.0 Å². The molecule has 0 amide bonds. The zero-order valence-electron chi connectivity index (χ0n) is 18.9. The fraction of sp³-hybridized carbons (Fsp3) is 0.500. The Morgan fingerprint density at radius 2 is 2.00 bits per heavy atom. The maximum absolute atomic E-state index is 14.5. The molecule has 2 aliphatic rings. The SMILES string of the molecule is CC1CC(c2ncc(-c3nc(Nc4ccc(CN5CCCCC5)nc4)ncc3F)[nH]2)CCO1. The number of pyridine rings is 1. The summed E-state index contributed by atoms with van der Waals surface area (Å²) in [5.74, 6) is 0.944. The van der Waals surface area contributed by atoms with Crippen LogP contribution in [0.15, 0.2) is 30.7 Å². The molecule has 174 valence electrons. The van der Waals surface area contributed by atoms with Crippen LogP contribution in [0.3, 0.4) is 0 Å². The first kappa shape index (κ1) is 21.9. The predicted octanol–water partition coefficient (Wildman–Crippen LogP) is 4.41. The largest absolute Gasteiger partial charge is 0.378 e. The van der Waals surface area contributed by atoms with E-state index >= 15 is 0 Å². The molecule has 5 rings (SSSR count). The summed E-state index contributed by atoms with van der Waals surface area (Å²) >= 11 is 0. The van der Waals surface area contributed by atoms with Gasteiger partial charge in [0.15, 0.2) is 5.82 Å². The van der Waals surface area contributed by atoms with Crippen molar-refractivity contribution in [3.63, 3.8) is 0 Å². The van der Waals surface area contributed by atoms with E-state index in [1.165, 1.54) is 25.5 Å². The highest BCUT2D eigenvalue weighted by atomic mass is 19.1.